The minimum atomic E-state index is -4.44. The molecule has 1 rings (SSSR count). The molecule has 5 nitrogen and oxygen atoms in total. The number of benzene rings is 1. The van der Waals surface area contributed by atoms with Gasteiger partial charge in [0, 0.05) is 6.07 Å². The molecule has 8 heteroatoms. The second-order valence-corrected chi connectivity index (χ2v) is 3.67. The van der Waals surface area contributed by atoms with Crippen molar-refractivity contribution in [3.8, 4) is 5.75 Å². The van der Waals surface area contributed by atoms with Gasteiger partial charge in [0.2, 0.25) is 0 Å². The number of phenols is 1. The lowest BCUT2D eigenvalue weighted by Gasteiger charge is -2.19. The summed E-state index contributed by atoms with van der Waals surface area (Å²) in [6, 6.07) is 1.38. The topological polar surface area (TPSA) is 75.4 Å². The van der Waals surface area contributed by atoms with Crippen LogP contribution in [-0.4, -0.2) is 29.3 Å². The lowest BCUT2D eigenvalue weighted by atomic mass is 10.0. The maximum absolute atomic E-state index is 12.5. The van der Waals surface area contributed by atoms with Crippen molar-refractivity contribution in [1.82, 2.24) is 5.32 Å². The Morgan fingerprint density at radius 1 is 1.50 bits per heavy atom. The molecular formula is C10H11F3N2O3. The highest BCUT2D eigenvalue weighted by atomic mass is 19.4. The number of nitro benzene ring substituents is 1. The summed E-state index contributed by atoms with van der Waals surface area (Å²) in [5.74, 6) is -0.572. The summed E-state index contributed by atoms with van der Waals surface area (Å²) in [5, 5.41) is 21.8. The van der Waals surface area contributed by atoms with Crippen LogP contribution in [0.3, 0.4) is 0 Å². The number of likely N-dealkylation sites (N-methyl/N-ethyl adjacent to an activating group) is 1. The van der Waals surface area contributed by atoms with Crippen LogP contribution in [0.1, 0.15) is 5.56 Å². The molecule has 0 aliphatic rings. The number of aromatic hydroxyl groups is 1. The van der Waals surface area contributed by atoms with Crippen LogP contribution in [0.15, 0.2) is 18.2 Å². The zero-order chi connectivity index (χ0) is 13.9. The van der Waals surface area contributed by atoms with Gasteiger partial charge in [0.05, 0.1) is 4.92 Å². The van der Waals surface area contributed by atoms with Crippen LogP contribution < -0.4 is 5.32 Å². The van der Waals surface area contributed by atoms with E-state index in [2.05, 4.69) is 5.32 Å². The molecule has 1 atom stereocenters. The SMILES string of the molecule is CN[C@@H](Cc1ccc(O)c([N+](=O)[O-])c1)C(F)(F)F. The lowest BCUT2D eigenvalue weighted by molar-refractivity contribution is -0.385. The summed E-state index contributed by atoms with van der Waals surface area (Å²) in [6.45, 7) is 0. The number of nitrogens with zero attached hydrogens (tertiary/aromatic N) is 1. The normalized spacial score (nSPS) is 13.3. The lowest BCUT2D eigenvalue weighted by Crippen LogP contribution is -2.41. The third-order valence-electron chi connectivity index (χ3n) is 2.42. The molecule has 0 bridgehead atoms. The third-order valence-corrected chi connectivity index (χ3v) is 2.42. The van der Waals surface area contributed by atoms with Crippen molar-refractivity contribution in [1.29, 1.82) is 0 Å². The van der Waals surface area contributed by atoms with Crippen LogP contribution >= 0.6 is 0 Å². The molecule has 0 saturated heterocycles. The van der Waals surface area contributed by atoms with E-state index in [1.807, 2.05) is 0 Å². The van der Waals surface area contributed by atoms with Crippen molar-refractivity contribution >= 4 is 5.69 Å². The number of hydrogen-bond donors (Lipinski definition) is 2. The summed E-state index contributed by atoms with van der Waals surface area (Å²) in [7, 11) is 1.16. The molecule has 0 amide bonds. The van der Waals surface area contributed by atoms with Crippen LogP contribution in [0.5, 0.6) is 5.75 Å². The molecule has 0 unspecified atom stereocenters. The Morgan fingerprint density at radius 2 is 2.11 bits per heavy atom. The van der Waals surface area contributed by atoms with Crippen LogP contribution in [0.2, 0.25) is 0 Å². The largest absolute Gasteiger partial charge is 0.502 e. The zero-order valence-electron chi connectivity index (χ0n) is 9.36. The Kier molecular flexibility index (Phi) is 4.12. The van der Waals surface area contributed by atoms with Gasteiger partial charge in [-0.3, -0.25) is 10.1 Å². The van der Waals surface area contributed by atoms with E-state index in [1.54, 1.807) is 0 Å². The van der Waals surface area contributed by atoms with Crippen molar-refractivity contribution in [3.05, 3.63) is 33.9 Å². The van der Waals surface area contributed by atoms with Crippen molar-refractivity contribution in [2.75, 3.05) is 7.05 Å². The third kappa shape index (κ3) is 3.33. The predicted molar refractivity (Wildman–Crippen MR) is 57.4 cm³/mol. The first kappa shape index (κ1) is 14.2. The fourth-order valence-corrected chi connectivity index (χ4v) is 1.46. The molecule has 1 aromatic carbocycles. The molecule has 0 heterocycles. The molecule has 100 valence electrons. The molecule has 0 fully saturated rings. The Morgan fingerprint density at radius 3 is 2.56 bits per heavy atom. The number of phenolic OH excluding ortho intramolecular Hbond substituents is 1. The molecule has 0 aliphatic carbocycles. The van der Waals surface area contributed by atoms with E-state index in [1.165, 1.54) is 6.07 Å². The molecular weight excluding hydrogens is 253 g/mol. The summed E-state index contributed by atoms with van der Waals surface area (Å²) < 4.78 is 37.5. The van der Waals surface area contributed by atoms with Gasteiger partial charge in [-0.05, 0) is 25.1 Å². The molecule has 0 spiro atoms. The number of nitro groups is 1. The highest BCUT2D eigenvalue weighted by Gasteiger charge is 2.38. The number of nitrogens with one attached hydrogen (secondary N) is 1. The zero-order valence-corrected chi connectivity index (χ0v) is 9.36. The second-order valence-electron chi connectivity index (χ2n) is 3.67. The fourth-order valence-electron chi connectivity index (χ4n) is 1.46. The maximum atomic E-state index is 12.5. The maximum Gasteiger partial charge on any atom is 0.404 e. The summed E-state index contributed by atoms with van der Waals surface area (Å²) in [4.78, 5) is 9.69. The van der Waals surface area contributed by atoms with Crippen LogP contribution in [0.4, 0.5) is 18.9 Å². The quantitative estimate of drug-likeness (QED) is 0.644. The van der Waals surface area contributed by atoms with Crippen molar-refractivity contribution in [2.45, 2.75) is 18.6 Å². The first-order valence-corrected chi connectivity index (χ1v) is 4.96. The smallest absolute Gasteiger partial charge is 0.404 e. The first-order valence-electron chi connectivity index (χ1n) is 4.96. The van der Waals surface area contributed by atoms with E-state index in [0.29, 0.717) is 0 Å². The molecule has 1 aromatic rings. The monoisotopic (exact) mass is 264 g/mol. The van der Waals surface area contributed by atoms with Crippen LogP contribution in [0.25, 0.3) is 0 Å². The van der Waals surface area contributed by atoms with Crippen LogP contribution in [0, 0.1) is 10.1 Å². The van der Waals surface area contributed by atoms with Crippen molar-refractivity contribution in [3.63, 3.8) is 0 Å². The van der Waals surface area contributed by atoms with Crippen LogP contribution in [-0.2, 0) is 6.42 Å². The average molecular weight is 264 g/mol. The van der Waals surface area contributed by atoms with E-state index in [4.69, 9.17) is 0 Å². The van der Waals surface area contributed by atoms with Gasteiger partial charge in [0.15, 0.2) is 5.75 Å². The molecule has 0 aromatic heterocycles. The highest BCUT2D eigenvalue weighted by molar-refractivity contribution is 5.47. The highest BCUT2D eigenvalue weighted by Crippen LogP contribution is 2.29. The number of rotatable bonds is 4. The minimum absolute atomic E-state index is 0.121. The van der Waals surface area contributed by atoms with Gasteiger partial charge in [-0.2, -0.15) is 13.2 Å². The average Bonchev–Trinajstić information content (AvgIpc) is 2.25. The second kappa shape index (κ2) is 5.21. The number of hydrogen-bond acceptors (Lipinski definition) is 4. The number of alkyl halides is 3. The Labute approximate surface area is 100 Å². The number of halogens is 3. The van der Waals surface area contributed by atoms with Gasteiger partial charge < -0.3 is 10.4 Å². The fraction of sp³-hybridized carbons (Fsp3) is 0.400. The summed E-state index contributed by atoms with van der Waals surface area (Å²) in [5.41, 5.74) is -0.485. The Balaban J connectivity index is 2.98. The molecule has 18 heavy (non-hydrogen) atoms. The van der Waals surface area contributed by atoms with Gasteiger partial charge in [0.25, 0.3) is 0 Å². The van der Waals surface area contributed by atoms with E-state index >= 15 is 0 Å². The first-order chi connectivity index (χ1) is 8.25. The molecule has 0 aliphatic heterocycles. The summed E-state index contributed by atoms with van der Waals surface area (Å²) >= 11 is 0. The molecule has 2 N–H and O–H groups in total. The van der Waals surface area contributed by atoms with Gasteiger partial charge in [-0.15, -0.1) is 0 Å². The Hall–Kier alpha value is -1.83. The van der Waals surface area contributed by atoms with Gasteiger partial charge in [-0.1, -0.05) is 6.07 Å². The van der Waals surface area contributed by atoms with E-state index in [-0.39, 0.29) is 5.56 Å². The van der Waals surface area contributed by atoms with Crippen molar-refractivity contribution < 1.29 is 23.2 Å². The van der Waals surface area contributed by atoms with Gasteiger partial charge in [-0.25, -0.2) is 0 Å². The van der Waals surface area contributed by atoms with Gasteiger partial charge in [0.1, 0.15) is 6.04 Å². The summed E-state index contributed by atoms with van der Waals surface area (Å²) in [6.07, 6.45) is -4.89. The van der Waals surface area contributed by atoms with E-state index in [0.717, 1.165) is 19.2 Å². The van der Waals surface area contributed by atoms with Gasteiger partial charge >= 0.3 is 11.9 Å². The van der Waals surface area contributed by atoms with E-state index < -0.39 is 35.0 Å². The van der Waals surface area contributed by atoms with Crippen molar-refractivity contribution in [2.24, 2.45) is 0 Å². The molecule has 0 radical (unpaired) electrons. The Bertz CT molecular complexity index is 448. The standard InChI is InChI=1S/C10H11F3N2O3/c1-14-9(10(11,12)13)5-6-2-3-8(16)7(4-6)15(17)18/h2-4,9,14,16H,5H2,1H3/t9-/m0/s1. The predicted octanol–water partition coefficient (Wildman–Crippen LogP) is 1.99. The minimum Gasteiger partial charge on any atom is -0.502 e. The van der Waals surface area contributed by atoms with E-state index in [9.17, 15) is 28.4 Å². The molecule has 0 saturated carbocycles.